The molecule has 26 heavy (non-hydrogen) atoms. The highest BCUT2D eigenvalue weighted by Gasteiger charge is 2.21. The molecule has 2 N–H and O–H groups in total. The third-order valence-corrected chi connectivity index (χ3v) is 4.19. The zero-order chi connectivity index (χ0) is 18.7. The average molecular weight is 350 g/mol. The van der Waals surface area contributed by atoms with Crippen molar-refractivity contribution in [3.8, 4) is 5.75 Å². The zero-order valence-corrected chi connectivity index (χ0v) is 14.4. The van der Waals surface area contributed by atoms with Crippen molar-refractivity contribution < 1.29 is 19.4 Å². The highest BCUT2D eigenvalue weighted by atomic mass is 16.5. The van der Waals surface area contributed by atoms with Crippen molar-refractivity contribution >= 4 is 28.2 Å². The van der Waals surface area contributed by atoms with E-state index in [-0.39, 0.29) is 11.5 Å². The molecule has 132 valence electrons. The highest BCUT2D eigenvalue weighted by molar-refractivity contribution is 6.12. The number of H-pyrrole nitrogens is 1. The Morgan fingerprint density at radius 3 is 2.58 bits per heavy atom. The van der Waals surface area contributed by atoms with E-state index in [2.05, 4.69) is 9.97 Å². The first-order valence-electron chi connectivity index (χ1n) is 8.13. The molecule has 0 amide bonds. The third-order valence-electron chi connectivity index (χ3n) is 4.19. The number of pyridine rings is 1. The van der Waals surface area contributed by atoms with Gasteiger partial charge in [0.2, 0.25) is 0 Å². The van der Waals surface area contributed by atoms with Gasteiger partial charge in [0.05, 0.1) is 7.11 Å². The maximum Gasteiger partial charge on any atom is 0.352 e. The summed E-state index contributed by atoms with van der Waals surface area (Å²) in [6.07, 6.45) is 5.09. The van der Waals surface area contributed by atoms with Crippen LogP contribution < -0.4 is 4.74 Å². The fraction of sp³-hybridized carbons (Fsp3) is 0.150. The lowest BCUT2D eigenvalue weighted by Gasteiger charge is -2.07. The summed E-state index contributed by atoms with van der Waals surface area (Å²) >= 11 is 0. The molecule has 0 bridgehead atoms. The van der Waals surface area contributed by atoms with E-state index >= 15 is 0 Å². The van der Waals surface area contributed by atoms with Crippen LogP contribution in [0.15, 0.2) is 48.8 Å². The molecule has 0 radical (unpaired) electrons. The number of rotatable bonds is 6. The fourth-order valence-corrected chi connectivity index (χ4v) is 2.90. The van der Waals surface area contributed by atoms with Gasteiger partial charge in [-0.2, -0.15) is 0 Å². The number of nitrogens with zero attached hydrogens (tertiary/aromatic N) is 1. The van der Waals surface area contributed by atoms with E-state index in [4.69, 9.17) is 4.74 Å². The van der Waals surface area contributed by atoms with E-state index in [1.165, 1.54) is 6.08 Å². The summed E-state index contributed by atoms with van der Waals surface area (Å²) in [6.45, 7) is 1.89. The predicted molar refractivity (Wildman–Crippen MR) is 98.6 cm³/mol. The van der Waals surface area contributed by atoms with Gasteiger partial charge in [0.1, 0.15) is 11.4 Å². The Morgan fingerprint density at radius 1 is 1.23 bits per heavy atom. The van der Waals surface area contributed by atoms with Crippen molar-refractivity contribution in [2.45, 2.75) is 13.3 Å². The van der Waals surface area contributed by atoms with Crippen LogP contribution in [0.25, 0.3) is 16.5 Å². The largest absolute Gasteiger partial charge is 0.497 e. The molecule has 3 aromatic rings. The van der Waals surface area contributed by atoms with E-state index in [1.54, 1.807) is 49.8 Å². The number of carboxylic acid groups (broad SMARTS) is 1. The molecule has 0 aliphatic carbocycles. The summed E-state index contributed by atoms with van der Waals surface area (Å²) in [5.41, 5.74) is 2.39. The molecule has 0 fully saturated rings. The predicted octanol–water partition coefficient (Wildman–Crippen LogP) is 3.95. The van der Waals surface area contributed by atoms with Gasteiger partial charge in [0.25, 0.3) is 0 Å². The minimum Gasteiger partial charge on any atom is -0.497 e. The SMILES string of the molecule is CC/C(=C\C(=O)c1ccncc1)c1c(C(=O)O)[nH]c2ccc(OC)cc12. The number of aromatic carboxylic acids is 1. The zero-order valence-electron chi connectivity index (χ0n) is 14.4. The number of hydrogen-bond donors (Lipinski definition) is 2. The van der Waals surface area contributed by atoms with Gasteiger partial charge in [0.15, 0.2) is 5.78 Å². The van der Waals surface area contributed by atoms with Crippen LogP contribution in [-0.4, -0.2) is 33.9 Å². The van der Waals surface area contributed by atoms with Crippen LogP contribution in [-0.2, 0) is 0 Å². The van der Waals surface area contributed by atoms with Gasteiger partial charge in [-0.15, -0.1) is 0 Å². The van der Waals surface area contributed by atoms with Crippen molar-refractivity contribution in [3.63, 3.8) is 0 Å². The molecule has 1 aromatic carbocycles. The van der Waals surface area contributed by atoms with Crippen LogP contribution in [0, 0.1) is 0 Å². The first-order chi connectivity index (χ1) is 12.5. The first-order valence-corrected chi connectivity index (χ1v) is 8.13. The quantitative estimate of drug-likeness (QED) is 0.519. The summed E-state index contributed by atoms with van der Waals surface area (Å²) in [5.74, 6) is -0.658. The molecule has 0 aliphatic rings. The van der Waals surface area contributed by atoms with E-state index in [0.29, 0.717) is 39.8 Å². The smallest absolute Gasteiger partial charge is 0.352 e. The standard InChI is InChI=1S/C20H18N2O4/c1-3-12(10-17(23)13-6-8-21-9-7-13)18-15-11-14(26-2)4-5-16(15)22-19(18)20(24)25/h4-11,22H,3H2,1-2H3,(H,24,25)/b12-10+. The number of ether oxygens (including phenoxy) is 1. The van der Waals surface area contributed by atoms with E-state index in [9.17, 15) is 14.7 Å². The lowest BCUT2D eigenvalue weighted by molar-refractivity contribution is 0.0691. The first kappa shape index (κ1) is 17.4. The van der Waals surface area contributed by atoms with Crippen molar-refractivity contribution in [2.75, 3.05) is 7.11 Å². The van der Waals surface area contributed by atoms with E-state index in [1.807, 2.05) is 6.92 Å². The maximum atomic E-state index is 12.6. The Morgan fingerprint density at radius 2 is 1.96 bits per heavy atom. The number of ketones is 1. The second-order valence-electron chi connectivity index (χ2n) is 5.71. The molecule has 0 saturated carbocycles. The van der Waals surface area contributed by atoms with Crippen LogP contribution in [0.1, 0.15) is 39.8 Å². The summed E-state index contributed by atoms with van der Waals surface area (Å²) in [6, 6.07) is 8.55. The lowest BCUT2D eigenvalue weighted by atomic mass is 9.97. The Labute approximate surface area is 150 Å². The summed E-state index contributed by atoms with van der Waals surface area (Å²) in [7, 11) is 1.55. The molecule has 0 atom stereocenters. The molecule has 6 heteroatoms. The maximum absolute atomic E-state index is 12.6. The molecule has 0 aliphatic heterocycles. The summed E-state index contributed by atoms with van der Waals surface area (Å²) < 4.78 is 5.26. The normalized spacial score (nSPS) is 11.5. The number of nitrogens with one attached hydrogen (secondary N) is 1. The molecular formula is C20H18N2O4. The Hall–Kier alpha value is -3.41. The summed E-state index contributed by atoms with van der Waals surface area (Å²) in [5, 5.41) is 10.3. The number of carboxylic acids is 1. The van der Waals surface area contributed by atoms with Gasteiger partial charge < -0.3 is 14.8 Å². The van der Waals surface area contributed by atoms with Crippen molar-refractivity contribution in [2.24, 2.45) is 0 Å². The highest BCUT2D eigenvalue weighted by Crippen LogP contribution is 2.33. The van der Waals surface area contributed by atoms with Crippen LogP contribution in [0.5, 0.6) is 5.75 Å². The third kappa shape index (κ3) is 3.21. The number of benzene rings is 1. The van der Waals surface area contributed by atoms with Gasteiger partial charge in [-0.1, -0.05) is 6.92 Å². The minimum absolute atomic E-state index is 0.0591. The van der Waals surface area contributed by atoms with Gasteiger partial charge in [0, 0.05) is 34.4 Å². The van der Waals surface area contributed by atoms with Crippen LogP contribution in [0.4, 0.5) is 0 Å². The number of aromatic amines is 1. The molecular weight excluding hydrogens is 332 g/mol. The Bertz CT molecular complexity index is 1000. The number of methoxy groups -OCH3 is 1. The second kappa shape index (κ2) is 7.23. The van der Waals surface area contributed by atoms with E-state index in [0.717, 1.165) is 0 Å². The van der Waals surface area contributed by atoms with E-state index < -0.39 is 5.97 Å². The molecule has 0 spiro atoms. The number of hydrogen-bond acceptors (Lipinski definition) is 4. The van der Waals surface area contributed by atoms with Crippen molar-refractivity contribution in [1.29, 1.82) is 0 Å². The van der Waals surface area contributed by atoms with Crippen LogP contribution in [0.3, 0.4) is 0 Å². The van der Waals surface area contributed by atoms with Gasteiger partial charge in [-0.3, -0.25) is 9.78 Å². The lowest BCUT2D eigenvalue weighted by Crippen LogP contribution is -2.03. The van der Waals surface area contributed by atoms with Crippen LogP contribution in [0.2, 0.25) is 0 Å². The van der Waals surface area contributed by atoms with Crippen molar-refractivity contribution in [3.05, 3.63) is 65.6 Å². The molecule has 6 nitrogen and oxygen atoms in total. The Balaban J connectivity index is 2.19. The van der Waals surface area contributed by atoms with Crippen LogP contribution >= 0.6 is 0 Å². The topological polar surface area (TPSA) is 92.3 Å². The fourth-order valence-electron chi connectivity index (χ4n) is 2.90. The monoisotopic (exact) mass is 350 g/mol. The molecule has 0 saturated heterocycles. The minimum atomic E-state index is -1.08. The van der Waals surface area contributed by atoms with Crippen molar-refractivity contribution in [1.82, 2.24) is 9.97 Å². The number of aromatic nitrogens is 2. The molecule has 3 rings (SSSR count). The number of fused-ring (bicyclic) bond motifs is 1. The van der Waals surface area contributed by atoms with Gasteiger partial charge in [-0.25, -0.2) is 4.79 Å². The van der Waals surface area contributed by atoms with Gasteiger partial charge >= 0.3 is 5.97 Å². The number of allylic oxidation sites excluding steroid dienone is 2. The number of carbonyl (C=O) groups excluding carboxylic acids is 1. The molecule has 2 aromatic heterocycles. The molecule has 2 heterocycles. The number of carbonyl (C=O) groups is 2. The van der Waals surface area contributed by atoms with Gasteiger partial charge in [-0.05, 0) is 48.4 Å². The average Bonchev–Trinajstić information content (AvgIpc) is 3.05. The Kier molecular flexibility index (Phi) is 4.84. The molecule has 0 unspecified atom stereocenters. The summed E-state index contributed by atoms with van der Waals surface area (Å²) in [4.78, 5) is 31.1. The second-order valence-corrected chi connectivity index (χ2v) is 5.71.